The van der Waals surface area contributed by atoms with Gasteiger partial charge in [0.05, 0.1) is 6.54 Å². The SMILES string of the molecule is CN(Cc1cccs1)C(=O)[C@@H]1CCC[C@@H]1CN. The number of nitrogens with zero attached hydrogens (tertiary/aromatic N) is 1. The smallest absolute Gasteiger partial charge is 0.226 e. The molecule has 1 aromatic heterocycles. The molecule has 0 unspecified atom stereocenters. The summed E-state index contributed by atoms with van der Waals surface area (Å²) in [5.74, 6) is 0.824. The molecule has 0 aliphatic heterocycles. The van der Waals surface area contributed by atoms with Gasteiger partial charge in [-0.1, -0.05) is 12.5 Å². The Morgan fingerprint density at radius 2 is 2.41 bits per heavy atom. The van der Waals surface area contributed by atoms with Gasteiger partial charge < -0.3 is 10.6 Å². The van der Waals surface area contributed by atoms with Gasteiger partial charge in [-0.3, -0.25) is 4.79 Å². The molecule has 1 aliphatic carbocycles. The van der Waals surface area contributed by atoms with Crippen molar-refractivity contribution >= 4 is 17.2 Å². The number of amides is 1. The van der Waals surface area contributed by atoms with Crippen molar-refractivity contribution in [3.63, 3.8) is 0 Å². The maximum Gasteiger partial charge on any atom is 0.226 e. The molecule has 2 N–H and O–H groups in total. The molecule has 1 fully saturated rings. The third kappa shape index (κ3) is 2.87. The van der Waals surface area contributed by atoms with Gasteiger partial charge in [-0.05, 0) is 36.8 Å². The molecule has 1 aliphatic rings. The zero-order valence-corrected chi connectivity index (χ0v) is 11.1. The number of rotatable bonds is 4. The van der Waals surface area contributed by atoms with Crippen molar-refractivity contribution in [3.8, 4) is 0 Å². The second-order valence-electron chi connectivity index (χ2n) is 4.81. The van der Waals surface area contributed by atoms with Gasteiger partial charge in [0.1, 0.15) is 0 Å². The number of carbonyl (C=O) groups excluding carboxylic acids is 1. The first-order valence-corrected chi connectivity index (χ1v) is 7.07. The van der Waals surface area contributed by atoms with Crippen LogP contribution >= 0.6 is 11.3 Å². The maximum absolute atomic E-state index is 12.3. The van der Waals surface area contributed by atoms with E-state index in [-0.39, 0.29) is 11.8 Å². The standard InChI is InChI=1S/C13H20N2OS/c1-15(9-11-5-3-7-17-11)13(16)12-6-2-4-10(12)8-14/h3,5,7,10,12H,2,4,6,8-9,14H2,1H3/t10-,12-/m1/s1. The van der Waals surface area contributed by atoms with Crippen molar-refractivity contribution in [2.75, 3.05) is 13.6 Å². The number of hydrogen-bond donors (Lipinski definition) is 1. The Balaban J connectivity index is 1.94. The maximum atomic E-state index is 12.3. The molecule has 94 valence electrons. The van der Waals surface area contributed by atoms with E-state index >= 15 is 0 Å². The molecule has 2 rings (SSSR count). The summed E-state index contributed by atoms with van der Waals surface area (Å²) >= 11 is 1.70. The normalized spacial score (nSPS) is 23.9. The number of carbonyl (C=O) groups is 1. The van der Waals surface area contributed by atoms with Crippen molar-refractivity contribution < 1.29 is 4.79 Å². The first-order chi connectivity index (χ1) is 8.22. The van der Waals surface area contributed by atoms with Gasteiger partial charge in [-0.25, -0.2) is 0 Å². The van der Waals surface area contributed by atoms with Gasteiger partial charge in [0, 0.05) is 17.8 Å². The average molecular weight is 252 g/mol. The number of nitrogens with two attached hydrogens (primary N) is 1. The molecule has 0 saturated heterocycles. The molecule has 0 bridgehead atoms. The van der Waals surface area contributed by atoms with Crippen LogP contribution in [0, 0.1) is 11.8 Å². The van der Waals surface area contributed by atoms with Crippen LogP contribution in [0.4, 0.5) is 0 Å². The predicted octanol–water partition coefficient (Wildman–Crippen LogP) is 2.08. The summed E-state index contributed by atoms with van der Waals surface area (Å²) in [4.78, 5) is 15.4. The fourth-order valence-electron chi connectivity index (χ4n) is 2.64. The van der Waals surface area contributed by atoms with Crippen LogP contribution in [0.15, 0.2) is 17.5 Å². The monoisotopic (exact) mass is 252 g/mol. The topological polar surface area (TPSA) is 46.3 Å². The van der Waals surface area contributed by atoms with E-state index in [9.17, 15) is 4.79 Å². The Morgan fingerprint density at radius 1 is 1.59 bits per heavy atom. The third-order valence-corrected chi connectivity index (χ3v) is 4.49. The Bertz CT molecular complexity index is 364. The van der Waals surface area contributed by atoms with E-state index in [1.54, 1.807) is 11.3 Å². The van der Waals surface area contributed by atoms with Crippen molar-refractivity contribution in [3.05, 3.63) is 22.4 Å². The van der Waals surface area contributed by atoms with E-state index < -0.39 is 0 Å². The molecule has 1 amide bonds. The lowest BCUT2D eigenvalue weighted by molar-refractivity contribution is -0.135. The molecule has 0 spiro atoms. The molecule has 17 heavy (non-hydrogen) atoms. The molecule has 4 heteroatoms. The van der Waals surface area contributed by atoms with Gasteiger partial charge >= 0.3 is 0 Å². The van der Waals surface area contributed by atoms with E-state index in [0.717, 1.165) is 25.8 Å². The van der Waals surface area contributed by atoms with Crippen LogP contribution in [0.3, 0.4) is 0 Å². The minimum Gasteiger partial charge on any atom is -0.340 e. The van der Waals surface area contributed by atoms with Crippen LogP contribution in [0.2, 0.25) is 0 Å². The molecular weight excluding hydrogens is 232 g/mol. The quantitative estimate of drug-likeness (QED) is 0.892. The largest absolute Gasteiger partial charge is 0.340 e. The highest BCUT2D eigenvalue weighted by Crippen LogP contribution is 2.32. The minimum absolute atomic E-state index is 0.157. The summed E-state index contributed by atoms with van der Waals surface area (Å²) < 4.78 is 0. The van der Waals surface area contributed by atoms with Crippen LogP contribution in [-0.4, -0.2) is 24.4 Å². The average Bonchev–Trinajstić information content (AvgIpc) is 2.97. The fraction of sp³-hybridized carbons (Fsp3) is 0.615. The van der Waals surface area contributed by atoms with E-state index in [1.165, 1.54) is 4.88 Å². The van der Waals surface area contributed by atoms with E-state index in [4.69, 9.17) is 5.73 Å². The van der Waals surface area contributed by atoms with E-state index in [0.29, 0.717) is 12.5 Å². The van der Waals surface area contributed by atoms with E-state index in [1.807, 2.05) is 23.4 Å². The number of hydrogen-bond acceptors (Lipinski definition) is 3. The van der Waals surface area contributed by atoms with Crippen molar-refractivity contribution in [1.29, 1.82) is 0 Å². The second-order valence-corrected chi connectivity index (χ2v) is 5.84. The third-order valence-electron chi connectivity index (χ3n) is 3.63. The molecule has 3 nitrogen and oxygen atoms in total. The first-order valence-electron chi connectivity index (χ1n) is 6.19. The molecular formula is C13H20N2OS. The summed E-state index contributed by atoms with van der Waals surface area (Å²) in [6, 6.07) is 4.10. The van der Waals surface area contributed by atoms with Gasteiger partial charge in [0.2, 0.25) is 5.91 Å². The zero-order chi connectivity index (χ0) is 12.3. The highest BCUT2D eigenvalue weighted by molar-refractivity contribution is 7.09. The van der Waals surface area contributed by atoms with Crippen molar-refractivity contribution in [2.45, 2.75) is 25.8 Å². The second kappa shape index (κ2) is 5.65. The van der Waals surface area contributed by atoms with Crippen LogP contribution in [-0.2, 0) is 11.3 Å². The Kier molecular flexibility index (Phi) is 4.18. The highest BCUT2D eigenvalue weighted by Gasteiger charge is 2.33. The summed E-state index contributed by atoms with van der Waals surface area (Å²) in [5.41, 5.74) is 5.73. The minimum atomic E-state index is 0.157. The lowest BCUT2D eigenvalue weighted by atomic mass is 9.95. The van der Waals surface area contributed by atoms with Crippen molar-refractivity contribution in [2.24, 2.45) is 17.6 Å². The molecule has 0 aromatic carbocycles. The fourth-order valence-corrected chi connectivity index (χ4v) is 3.40. The van der Waals surface area contributed by atoms with E-state index in [2.05, 4.69) is 6.07 Å². The number of thiophene rings is 1. The predicted molar refractivity (Wildman–Crippen MR) is 70.7 cm³/mol. The van der Waals surface area contributed by atoms with Crippen LogP contribution in [0.25, 0.3) is 0 Å². The Labute approximate surface area is 107 Å². The molecule has 0 radical (unpaired) electrons. The molecule has 1 aromatic rings. The zero-order valence-electron chi connectivity index (χ0n) is 10.3. The summed E-state index contributed by atoms with van der Waals surface area (Å²) in [6.07, 6.45) is 3.26. The Morgan fingerprint density at radius 3 is 3.06 bits per heavy atom. The Hall–Kier alpha value is -0.870. The van der Waals surface area contributed by atoms with Crippen molar-refractivity contribution in [1.82, 2.24) is 4.90 Å². The van der Waals surface area contributed by atoms with Crippen LogP contribution in [0.5, 0.6) is 0 Å². The van der Waals surface area contributed by atoms with Crippen LogP contribution < -0.4 is 5.73 Å². The summed E-state index contributed by atoms with van der Waals surface area (Å²) in [5, 5.41) is 2.05. The molecule has 2 atom stereocenters. The van der Waals surface area contributed by atoms with Gasteiger partial charge in [-0.15, -0.1) is 11.3 Å². The molecule has 1 heterocycles. The summed E-state index contributed by atoms with van der Waals surface area (Å²) in [6.45, 7) is 1.37. The lowest BCUT2D eigenvalue weighted by Crippen LogP contribution is -2.36. The van der Waals surface area contributed by atoms with Gasteiger partial charge in [0.15, 0.2) is 0 Å². The van der Waals surface area contributed by atoms with Gasteiger partial charge in [0.25, 0.3) is 0 Å². The highest BCUT2D eigenvalue weighted by atomic mass is 32.1. The van der Waals surface area contributed by atoms with Gasteiger partial charge in [-0.2, -0.15) is 0 Å². The van der Waals surface area contributed by atoms with Crippen LogP contribution in [0.1, 0.15) is 24.1 Å². The summed E-state index contributed by atoms with van der Waals surface area (Å²) in [7, 11) is 1.90. The lowest BCUT2D eigenvalue weighted by Gasteiger charge is -2.24. The molecule has 1 saturated carbocycles. The first kappa shape index (κ1) is 12.6.